The monoisotopic (exact) mass is 201 g/mol. The quantitative estimate of drug-likeness (QED) is 0.389. The molecule has 7 heteroatoms. The van der Waals surface area contributed by atoms with E-state index in [-0.39, 0.29) is 18.4 Å². The maximum Gasteiger partial charge on any atom is 0.256 e. The molecule has 1 aliphatic heterocycles. The summed E-state index contributed by atoms with van der Waals surface area (Å²) in [4.78, 5) is 22.3. The number of carbonyl (C=O) groups excluding carboxylic acids is 2. The third-order valence-corrected chi connectivity index (χ3v) is 2.06. The Hall–Kier alpha value is -1.18. The van der Waals surface area contributed by atoms with Crippen LogP contribution in [-0.2, 0) is 9.59 Å². The molecule has 1 saturated heterocycles. The molecule has 2 atom stereocenters. The third kappa shape index (κ3) is 2.19. The number of likely N-dealkylation sites (N-methyl/N-ethyl adjacent to an activating group) is 2. The number of carbonyl (C=O) groups is 2. The van der Waals surface area contributed by atoms with Crippen LogP contribution in [0.25, 0.3) is 0 Å². The molecule has 0 aromatic heterocycles. The van der Waals surface area contributed by atoms with Gasteiger partial charge in [-0.1, -0.05) is 0 Å². The summed E-state index contributed by atoms with van der Waals surface area (Å²) < 4.78 is 0. The van der Waals surface area contributed by atoms with Gasteiger partial charge in [-0.3, -0.25) is 19.9 Å². The van der Waals surface area contributed by atoms with E-state index in [1.165, 1.54) is 12.1 Å². The zero-order chi connectivity index (χ0) is 10.7. The third-order valence-electron chi connectivity index (χ3n) is 2.06. The van der Waals surface area contributed by atoms with Crippen molar-refractivity contribution in [3.63, 3.8) is 0 Å². The summed E-state index contributed by atoms with van der Waals surface area (Å²) in [5, 5.41) is 6.53. The lowest BCUT2D eigenvalue weighted by Gasteiger charge is -2.12. The van der Waals surface area contributed by atoms with Crippen LogP contribution in [0, 0.1) is 0 Å². The molecule has 0 saturated carbocycles. The summed E-state index contributed by atoms with van der Waals surface area (Å²) in [5.74, 6) is -0.346. The number of nitrogens with zero attached hydrogens (tertiary/aromatic N) is 1. The van der Waals surface area contributed by atoms with E-state index in [2.05, 4.69) is 16.1 Å². The molecule has 1 aliphatic rings. The minimum atomic E-state index is -0.544. The van der Waals surface area contributed by atoms with Gasteiger partial charge in [0.1, 0.15) is 6.04 Å². The first-order valence-electron chi connectivity index (χ1n) is 4.29. The molecule has 0 aromatic rings. The lowest BCUT2D eigenvalue weighted by atomic mass is 10.2. The summed E-state index contributed by atoms with van der Waals surface area (Å²) in [5.41, 5.74) is 8.35. The highest BCUT2D eigenvalue weighted by molar-refractivity contribution is 5.85. The zero-order valence-electron chi connectivity index (χ0n) is 8.20. The van der Waals surface area contributed by atoms with Crippen LogP contribution in [-0.4, -0.2) is 49.7 Å². The van der Waals surface area contributed by atoms with Gasteiger partial charge < -0.3 is 11.1 Å². The van der Waals surface area contributed by atoms with Crippen LogP contribution in [0.4, 0.5) is 0 Å². The molecule has 0 radical (unpaired) electrons. The van der Waals surface area contributed by atoms with Crippen LogP contribution in [0.15, 0.2) is 0 Å². The Morgan fingerprint density at radius 1 is 1.71 bits per heavy atom. The predicted octanol–water partition coefficient (Wildman–Crippen LogP) is -3.05. The van der Waals surface area contributed by atoms with Gasteiger partial charge in [0.05, 0.1) is 12.7 Å². The van der Waals surface area contributed by atoms with Gasteiger partial charge in [0, 0.05) is 14.1 Å². The van der Waals surface area contributed by atoms with E-state index in [0.29, 0.717) is 0 Å². The number of hydrogen-bond acceptors (Lipinski definition) is 5. The molecule has 5 N–H and O–H groups in total. The average molecular weight is 201 g/mol. The normalized spacial score (nSPS) is 26.8. The standard InChI is InChI=1S/C7H15N5O2/c1-9-4(13)3-10-5-6(8)11-12(2)7(5)14/h5-6,10-11H,3,8H2,1-2H3,(H,9,13). The van der Waals surface area contributed by atoms with Crippen molar-refractivity contribution in [1.82, 2.24) is 21.1 Å². The predicted molar refractivity (Wildman–Crippen MR) is 49.7 cm³/mol. The Morgan fingerprint density at radius 2 is 2.36 bits per heavy atom. The van der Waals surface area contributed by atoms with E-state index in [1.807, 2.05) is 0 Å². The van der Waals surface area contributed by atoms with Crippen molar-refractivity contribution < 1.29 is 9.59 Å². The number of hydrazine groups is 1. The Balaban J connectivity index is 2.44. The van der Waals surface area contributed by atoms with Crippen LogP contribution in [0.5, 0.6) is 0 Å². The molecule has 2 amide bonds. The zero-order valence-corrected chi connectivity index (χ0v) is 8.20. The van der Waals surface area contributed by atoms with Gasteiger partial charge in [-0.05, 0) is 0 Å². The molecular formula is C7H15N5O2. The van der Waals surface area contributed by atoms with Crippen molar-refractivity contribution in [2.24, 2.45) is 5.73 Å². The largest absolute Gasteiger partial charge is 0.358 e. The average Bonchev–Trinajstić information content (AvgIpc) is 2.39. The van der Waals surface area contributed by atoms with Gasteiger partial charge in [-0.25, -0.2) is 5.43 Å². The Bertz CT molecular complexity index is 244. The number of nitrogens with one attached hydrogen (secondary N) is 3. The highest BCUT2D eigenvalue weighted by Gasteiger charge is 2.35. The van der Waals surface area contributed by atoms with Gasteiger partial charge >= 0.3 is 0 Å². The van der Waals surface area contributed by atoms with Crippen LogP contribution < -0.4 is 21.8 Å². The summed E-state index contributed by atoms with van der Waals surface area (Å²) in [6.07, 6.45) is -0.489. The van der Waals surface area contributed by atoms with Gasteiger partial charge in [0.2, 0.25) is 5.91 Å². The van der Waals surface area contributed by atoms with Gasteiger partial charge in [-0.2, -0.15) is 0 Å². The Morgan fingerprint density at radius 3 is 2.79 bits per heavy atom. The second kappa shape index (κ2) is 4.36. The van der Waals surface area contributed by atoms with Crippen LogP contribution >= 0.6 is 0 Å². The first kappa shape index (κ1) is 10.9. The van der Waals surface area contributed by atoms with Crippen molar-refractivity contribution in [3.8, 4) is 0 Å². The summed E-state index contributed by atoms with van der Waals surface area (Å²) in [7, 11) is 3.12. The first-order valence-corrected chi connectivity index (χ1v) is 4.29. The molecule has 0 aromatic carbocycles. The van der Waals surface area contributed by atoms with Crippen LogP contribution in [0.2, 0.25) is 0 Å². The molecule has 7 nitrogen and oxygen atoms in total. The molecule has 1 heterocycles. The lowest BCUT2D eigenvalue weighted by Crippen LogP contribution is -2.51. The molecule has 80 valence electrons. The SMILES string of the molecule is CNC(=O)CNC1C(=O)N(C)NC1N. The van der Waals surface area contributed by atoms with Crippen molar-refractivity contribution in [1.29, 1.82) is 0 Å². The van der Waals surface area contributed by atoms with Crippen LogP contribution in [0.1, 0.15) is 0 Å². The summed E-state index contributed by atoms with van der Waals surface area (Å²) in [6.45, 7) is 0.0795. The smallest absolute Gasteiger partial charge is 0.256 e. The molecule has 1 rings (SSSR count). The molecule has 2 unspecified atom stereocenters. The Labute approximate surface area is 82.0 Å². The molecule has 0 aliphatic carbocycles. The molecule has 1 fully saturated rings. The van der Waals surface area contributed by atoms with E-state index in [0.717, 1.165) is 0 Å². The first-order chi connectivity index (χ1) is 6.56. The highest BCUT2D eigenvalue weighted by atomic mass is 16.2. The van der Waals surface area contributed by atoms with Gasteiger partial charge in [0.15, 0.2) is 0 Å². The minimum Gasteiger partial charge on any atom is -0.358 e. The van der Waals surface area contributed by atoms with E-state index < -0.39 is 12.2 Å². The van der Waals surface area contributed by atoms with Gasteiger partial charge in [0.25, 0.3) is 5.91 Å². The fraction of sp³-hybridized carbons (Fsp3) is 0.714. The summed E-state index contributed by atoms with van der Waals surface area (Å²) >= 11 is 0. The van der Waals surface area contributed by atoms with Crippen LogP contribution in [0.3, 0.4) is 0 Å². The van der Waals surface area contributed by atoms with E-state index in [1.54, 1.807) is 7.05 Å². The second-order valence-corrected chi connectivity index (χ2v) is 3.08. The Kier molecular flexibility index (Phi) is 3.39. The number of hydrogen-bond donors (Lipinski definition) is 4. The molecule has 14 heavy (non-hydrogen) atoms. The molecule has 0 spiro atoms. The molecule has 0 bridgehead atoms. The molecular weight excluding hydrogens is 186 g/mol. The maximum absolute atomic E-state index is 11.4. The summed E-state index contributed by atoms with van der Waals surface area (Å²) in [6, 6.07) is -0.544. The van der Waals surface area contributed by atoms with Crippen molar-refractivity contribution in [2.45, 2.75) is 12.2 Å². The fourth-order valence-corrected chi connectivity index (χ4v) is 1.23. The lowest BCUT2D eigenvalue weighted by molar-refractivity contribution is -0.129. The fourth-order valence-electron chi connectivity index (χ4n) is 1.23. The highest BCUT2D eigenvalue weighted by Crippen LogP contribution is 2.01. The number of rotatable bonds is 3. The van der Waals surface area contributed by atoms with Crippen molar-refractivity contribution in [3.05, 3.63) is 0 Å². The van der Waals surface area contributed by atoms with Crippen molar-refractivity contribution in [2.75, 3.05) is 20.6 Å². The minimum absolute atomic E-state index is 0.0795. The maximum atomic E-state index is 11.4. The number of amides is 2. The topological polar surface area (TPSA) is 99.5 Å². The second-order valence-electron chi connectivity index (χ2n) is 3.08. The van der Waals surface area contributed by atoms with E-state index >= 15 is 0 Å². The number of nitrogens with two attached hydrogens (primary N) is 1. The van der Waals surface area contributed by atoms with Gasteiger partial charge in [-0.15, -0.1) is 0 Å². The van der Waals surface area contributed by atoms with Crippen molar-refractivity contribution >= 4 is 11.8 Å². The van der Waals surface area contributed by atoms with E-state index in [4.69, 9.17) is 5.73 Å². The van der Waals surface area contributed by atoms with E-state index in [9.17, 15) is 9.59 Å².